The number of carbonyl (C=O) groups is 2. The van der Waals surface area contributed by atoms with Crippen LogP contribution < -0.4 is 15.8 Å². The summed E-state index contributed by atoms with van der Waals surface area (Å²) < 4.78 is 19.0. The molecule has 3 N–H and O–H groups in total. The van der Waals surface area contributed by atoms with Gasteiger partial charge in [-0.05, 0) is 47.5 Å². The molecule has 3 rings (SSSR count). The van der Waals surface area contributed by atoms with Gasteiger partial charge in [-0.1, -0.05) is 30.3 Å². The Morgan fingerprint density at radius 2 is 1.83 bits per heavy atom. The number of amides is 2. The number of primary amides is 1. The Hall–Kier alpha value is -3.74. The zero-order valence-corrected chi connectivity index (χ0v) is 16.5. The van der Waals surface area contributed by atoms with Crippen LogP contribution in [0.3, 0.4) is 0 Å². The summed E-state index contributed by atoms with van der Waals surface area (Å²) in [6, 6.07) is 18.3. The van der Waals surface area contributed by atoms with Crippen LogP contribution in [0.15, 0.2) is 72.9 Å². The molecule has 6 nitrogen and oxygen atoms in total. The number of rotatable bonds is 8. The second-order valence-corrected chi connectivity index (χ2v) is 6.91. The van der Waals surface area contributed by atoms with E-state index >= 15 is 0 Å². The second-order valence-electron chi connectivity index (χ2n) is 6.91. The summed E-state index contributed by atoms with van der Waals surface area (Å²) in [5.74, 6) is -0.830. The van der Waals surface area contributed by atoms with Gasteiger partial charge in [0.05, 0.1) is 5.69 Å². The predicted octanol–water partition coefficient (Wildman–Crippen LogP) is 2.86. The Morgan fingerprint density at radius 3 is 2.43 bits per heavy atom. The number of nitrogens with zero attached hydrogens (tertiary/aromatic N) is 1. The van der Waals surface area contributed by atoms with Crippen LogP contribution in [0.25, 0.3) is 0 Å². The summed E-state index contributed by atoms with van der Waals surface area (Å²) in [6.07, 6.45) is 1.67. The van der Waals surface area contributed by atoms with Crippen molar-refractivity contribution in [1.29, 1.82) is 0 Å². The lowest BCUT2D eigenvalue weighted by atomic mass is 9.86. The lowest BCUT2D eigenvalue weighted by molar-refractivity contribution is -0.131. The molecule has 1 heterocycles. The fraction of sp³-hybridized carbons (Fsp3) is 0.174. The highest BCUT2D eigenvalue weighted by molar-refractivity contribution is 5.90. The van der Waals surface area contributed by atoms with E-state index in [2.05, 4.69) is 10.3 Å². The van der Waals surface area contributed by atoms with E-state index in [-0.39, 0.29) is 18.8 Å². The molecular formula is C23H22FN3O3. The third-order valence-electron chi connectivity index (χ3n) is 4.60. The number of ether oxygens (including phenoxy) is 1. The highest BCUT2D eigenvalue weighted by Gasteiger charge is 2.41. The van der Waals surface area contributed by atoms with Gasteiger partial charge in [-0.2, -0.15) is 0 Å². The van der Waals surface area contributed by atoms with Crippen molar-refractivity contribution in [2.45, 2.75) is 25.5 Å². The van der Waals surface area contributed by atoms with Crippen molar-refractivity contribution in [1.82, 2.24) is 10.3 Å². The van der Waals surface area contributed by atoms with Crippen molar-refractivity contribution in [2.75, 3.05) is 0 Å². The number of pyridine rings is 1. The monoisotopic (exact) mass is 407 g/mol. The minimum atomic E-state index is -1.48. The van der Waals surface area contributed by atoms with Crippen LogP contribution in [0.1, 0.15) is 23.7 Å². The van der Waals surface area contributed by atoms with Crippen molar-refractivity contribution in [2.24, 2.45) is 5.73 Å². The maximum atomic E-state index is 13.3. The average Bonchev–Trinajstić information content (AvgIpc) is 2.73. The van der Waals surface area contributed by atoms with Crippen LogP contribution in [0, 0.1) is 5.82 Å². The summed E-state index contributed by atoms with van der Waals surface area (Å²) in [7, 11) is 0. The van der Waals surface area contributed by atoms with Crippen LogP contribution in [0.4, 0.5) is 4.39 Å². The number of nitrogens with two attached hydrogens (primary N) is 1. The minimum Gasteiger partial charge on any atom is -0.489 e. The Bertz CT molecular complexity index is 1030. The van der Waals surface area contributed by atoms with Gasteiger partial charge in [0.15, 0.2) is 5.54 Å². The van der Waals surface area contributed by atoms with E-state index in [1.54, 1.807) is 54.6 Å². The normalized spacial score (nSPS) is 12.6. The van der Waals surface area contributed by atoms with Gasteiger partial charge in [-0.25, -0.2) is 4.39 Å². The van der Waals surface area contributed by atoms with Crippen molar-refractivity contribution in [3.8, 4) is 5.75 Å². The van der Waals surface area contributed by atoms with E-state index < -0.39 is 17.4 Å². The molecule has 0 radical (unpaired) electrons. The van der Waals surface area contributed by atoms with Crippen molar-refractivity contribution in [3.05, 3.63) is 95.6 Å². The third-order valence-corrected chi connectivity index (χ3v) is 4.60. The standard InChI is InChI=1S/C23H22FN3O3/c1-16(28)27-23(22(25)29,21-7-2-3-12-26-21)14-17-8-10-20(11-9-17)30-15-18-5-4-6-19(24)13-18/h2-13H,14-15H2,1H3,(H2,25,29)(H,27,28). The van der Waals surface area contributed by atoms with Gasteiger partial charge < -0.3 is 15.8 Å². The molecule has 0 saturated carbocycles. The van der Waals surface area contributed by atoms with Gasteiger partial charge in [-0.15, -0.1) is 0 Å². The first kappa shape index (κ1) is 21.0. The van der Waals surface area contributed by atoms with E-state index in [0.717, 1.165) is 5.56 Å². The molecule has 1 atom stereocenters. The molecule has 3 aromatic rings. The second kappa shape index (κ2) is 9.17. The topological polar surface area (TPSA) is 94.3 Å². The molecule has 2 aromatic carbocycles. The van der Waals surface area contributed by atoms with Gasteiger partial charge in [0.1, 0.15) is 18.2 Å². The molecule has 1 unspecified atom stereocenters. The third kappa shape index (κ3) is 5.00. The smallest absolute Gasteiger partial charge is 0.249 e. The molecule has 154 valence electrons. The number of benzene rings is 2. The number of halogens is 1. The Labute approximate surface area is 173 Å². The highest BCUT2D eigenvalue weighted by Crippen LogP contribution is 2.26. The van der Waals surface area contributed by atoms with Crippen LogP contribution in [-0.4, -0.2) is 16.8 Å². The molecule has 0 aliphatic carbocycles. The number of hydrogen-bond donors (Lipinski definition) is 2. The van der Waals surface area contributed by atoms with Crippen LogP contribution in [0.5, 0.6) is 5.75 Å². The minimum absolute atomic E-state index is 0.128. The van der Waals surface area contributed by atoms with E-state index in [0.29, 0.717) is 17.0 Å². The number of nitrogens with one attached hydrogen (secondary N) is 1. The van der Waals surface area contributed by atoms with Gasteiger partial charge in [0.2, 0.25) is 11.8 Å². The first-order valence-electron chi connectivity index (χ1n) is 9.35. The van der Waals surface area contributed by atoms with E-state index in [9.17, 15) is 14.0 Å². The van der Waals surface area contributed by atoms with Gasteiger partial charge in [0.25, 0.3) is 0 Å². The van der Waals surface area contributed by atoms with Crippen LogP contribution in [0.2, 0.25) is 0 Å². The van der Waals surface area contributed by atoms with Gasteiger partial charge in [0, 0.05) is 19.5 Å². The maximum absolute atomic E-state index is 13.3. The van der Waals surface area contributed by atoms with Crippen molar-refractivity contribution < 1.29 is 18.7 Å². The summed E-state index contributed by atoms with van der Waals surface area (Å²) in [5, 5.41) is 2.68. The molecule has 30 heavy (non-hydrogen) atoms. The molecule has 7 heteroatoms. The SMILES string of the molecule is CC(=O)NC(Cc1ccc(OCc2cccc(F)c2)cc1)(C(N)=O)c1ccccn1. The van der Waals surface area contributed by atoms with Crippen molar-refractivity contribution >= 4 is 11.8 Å². The molecule has 2 amide bonds. The average molecular weight is 407 g/mol. The van der Waals surface area contributed by atoms with E-state index in [4.69, 9.17) is 10.5 Å². The Morgan fingerprint density at radius 1 is 1.07 bits per heavy atom. The maximum Gasteiger partial charge on any atom is 0.249 e. The molecule has 0 saturated heterocycles. The molecule has 0 aliphatic heterocycles. The fourth-order valence-electron chi connectivity index (χ4n) is 3.19. The summed E-state index contributed by atoms with van der Waals surface area (Å²) >= 11 is 0. The van der Waals surface area contributed by atoms with E-state index in [1.807, 2.05) is 0 Å². The Balaban J connectivity index is 1.79. The summed E-state index contributed by atoms with van der Waals surface area (Å²) in [4.78, 5) is 28.5. The number of carbonyl (C=O) groups excluding carboxylic acids is 2. The van der Waals surface area contributed by atoms with Crippen molar-refractivity contribution in [3.63, 3.8) is 0 Å². The quantitative estimate of drug-likeness (QED) is 0.600. The number of aromatic nitrogens is 1. The summed E-state index contributed by atoms with van der Waals surface area (Å²) in [6.45, 7) is 1.55. The molecule has 0 bridgehead atoms. The largest absolute Gasteiger partial charge is 0.489 e. The van der Waals surface area contributed by atoms with Gasteiger partial charge >= 0.3 is 0 Å². The highest BCUT2D eigenvalue weighted by atomic mass is 19.1. The van der Waals surface area contributed by atoms with E-state index in [1.165, 1.54) is 25.3 Å². The lowest BCUT2D eigenvalue weighted by Gasteiger charge is -2.31. The number of hydrogen-bond acceptors (Lipinski definition) is 4. The Kier molecular flexibility index (Phi) is 6.41. The van der Waals surface area contributed by atoms with Crippen LogP contribution in [-0.2, 0) is 28.2 Å². The zero-order valence-electron chi connectivity index (χ0n) is 16.5. The molecule has 0 fully saturated rings. The first-order valence-corrected chi connectivity index (χ1v) is 9.35. The molecule has 0 aliphatic rings. The first-order chi connectivity index (χ1) is 14.4. The lowest BCUT2D eigenvalue weighted by Crippen LogP contribution is -2.56. The van der Waals surface area contributed by atoms with Crippen LogP contribution >= 0.6 is 0 Å². The fourth-order valence-corrected chi connectivity index (χ4v) is 3.19. The van der Waals surface area contributed by atoms with Gasteiger partial charge in [-0.3, -0.25) is 14.6 Å². The predicted molar refractivity (Wildman–Crippen MR) is 110 cm³/mol. The molecule has 1 aromatic heterocycles. The molecular weight excluding hydrogens is 385 g/mol. The zero-order chi connectivity index (χ0) is 21.6. The summed E-state index contributed by atoms with van der Waals surface area (Å²) in [5.41, 5.74) is 6.06. The molecule has 0 spiro atoms.